The molecule has 0 radical (unpaired) electrons. The Morgan fingerprint density at radius 3 is 2.87 bits per heavy atom. The van der Waals surface area contributed by atoms with E-state index in [1.54, 1.807) is 30.1 Å². The molecule has 1 saturated heterocycles. The molecule has 2 rings (SSSR count). The fourth-order valence-electron chi connectivity index (χ4n) is 2.47. The molecule has 0 aromatic heterocycles. The molecule has 0 bridgehead atoms. The van der Waals surface area contributed by atoms with E-state index in [0.717, 1.165) is 19.3 Å². The third kappa shape index (κ3) is 5.23. The molecule has 1 aromatic rings. The van der Waals surface area contributed by atoms with Gasteiger partial charge in [0.25, 0.3) is 0 Å². The van der Waals surface area contributed by atoms with Crippen LogP contribution in [-0.2, 0) is 9.59 Å². The van der Waals surface area contributed by atoms with Gasteiger partial charge >= 0.3 is 0 Å². The van der Waals surface area contributed by atoms with Crippen molar-refractivity contribution in [1.82, 2.24) is 9.80 Å². The maximum Gasteiger partial charge on any atom is 0.242 e. The molecular formula is C17H23FN2O3. The molecule has 1 heterocycles. The van der Waals surface area contributed by atoms with Crippen LogP contribution in [0.1, 0.15) is 25.7 Å². The summed E-state index contributed by atoms with van der Waals surface area (Å²) in [5.41, 5.74) is 0. The minimum Gasteiger partial charge on any atom is -0.489 e. The molecule has 5 nitrogen and oxygen atoms in total. The summed E-state index contributed by atoms with van der Waals surface area (Å²) in [5.74, 6) is -0.322. The molecule has 0 N–H and O–H groups in total. The minimum atomic E-state index is -0.420. The number of nitrogens with zero attached hydrogens (tertiary/aromatic N) is 2. The molecule has 1 fully saturated rings. The van der Waals surface area contributed by atoms with Crippen molar-refractivity contribution in [2.75, 3.05) is 33.3 Å². The number of rotatable bonds is 6. The quantitative estimate of drug-likeness (QED) is 0.805. The van der Waals surface area contributed by atoms with Gasteiger partial charge < -0.3 is 14.5 Å². The lowest BCUT2D eigenvalue weighted by atomic mass is 10.2. The maximum atomic E-state index is 13.4. The number of likely N-dealkylation sites (tertiary alicyclic amines) is 1. The molecule has 0 spiro atoms. The number of halogens is 1. The summed E-state index contributed by atoms with van der Waals surface area (Å²) in [6, 6.07) is 6.16. The number of benzene rings is 1. The Hall–Kier alpha value is -2.11. The van der Waals surface area contributed by atoms with Crippen molar-refractivity contribution in [2.24, 2.45) is 0 Å². The van der Waals surface area contributed by atoms with Crippen LogP contribution in [-0.4, -0.2) is 54.9 Å². The molecule has 0 saturated carbocycles. The summed E-state index contributed by atoms with van der Waals surface area (Å²) < 4.78 is 18.8. The molecule has 0 unspecified atom stereocenters. The van der Waals surface area contributed by atoms with Crippen molar-refractivity contribution in [3.8, 4) is 5.75 Å². The molecule has 0 atom stereocenters. The van der Waals surface area contributed by atoms with Crippen LogP contribution in [0.3, 0.4) is 0 Å². The minimum absolute atomic E-state index is 0.0480. The van der Waals surface area contributed by atoms with E-state index in [0.29, 0.717) is 19.5 Å². The van der Waals surface area contributed by atoms with Crippen LogP contribution in [0, 0.1) is 5.82 Å². The van der Waals surface area contributed by atoms with Crippen LogP contribution >= 0.6 is 0 Å². The van der Waals surface area contributed by atoms with E-state index in [2.05, 4.69) is 0 Å². The predicted molar refractivity (Wildman–Crippen MR) is 84.6 cm³/mol. The second kappa shape index (κ2) is 8.50. The van der Waals surface area contributed by atoms with Crippen molar-refractivity contribution in [3.05, 3.63) is 30.1 Å². The van der Waals surface area contributed by atoms with Crippen LogP contribution in [0.15, 0.2) is 24.3 Å². The number of carbonyl (C=O) groups excluding carboxylic acids is 2. The van der Waals surface area contributed by atoms with E-state index < -0.39 is 5.82 Å². The molecule has 1 aliphatic rings. The van der Waals surface area contributed by atoms with Crippen LogP contribution in [0.25, 0.3) is 0 Å². The molecule has 6 heteroatoms. The topological polar surface area (TPSA) is 49.9 Å². The van der Waals surface area contributed by atoms with Gasteiger partial charge in [-0.1, -0.05) is 18.6 Å². The van der Waals surface area contributed by atoms with E-state index in [1.165, 1.54) is 11.0 Å². The highest BCUT2D eigenvalue weighted by atomic mass is 19.1. The van der Waals surface area contributed by atoms with Gasteiger partial charge in [0.05, 0.1) is 13.1 Å². The van der Waals surface area contributed by atoms with Crippen molar-refractivity contribution in [3.63, 3.8) is 0 Å². The molecule has 1 aromatic carbocycles. The third-order valence-electron chi connectivity index (χ3n) is 3.94. The summed E-state index contributed by atoms with van der Waals surface area (Å²) in [6.07, 6.45) is 3.39. The molecule has 1 aliphatic heterocycles. The summed E-state index contributed by atoms with van der Waals surface area (Å²) in [7, 11) is 1.66. The number of likely N-dealkylation sites (N-methyl/N-ethyl adjacent to an activating group) is 1. The van der Waals surface area contributed by atoms with Gasteiger partial charge in [0.15, 0.2) is 11.6 Å². The Kier molecular flexibility index (Phi) is 6.38. The average molecular weight is 322 g/mol. The lowest BCUT2D eigenvalue weighted by molar-refractivity contribution is -0.139. The average Bonchev–Trinajstić information content (AvgIpc) is 2.74. The highest BCUT2D eigenvalue weighted by molar-refractivity contribution is 5.84. The number of hydrogen-bond donors (Lipinski definition) is 0. The van der Waals surface area contributed by atoms with Crippen molar-refractivity contribution in [1.29, 1.82) is 0 Å². The van der Waals surface area contributed by atoms with E-state index >= 15 is 0 Å². The number of amides is 2. The molecule has 23 heavy (non-hydrogen) atoms. The standard InChI is InChI=1S/C17H23FN2O3/c1-19(11-12-23-15-8-5-4-7-14(15)18)17(22)13-20-10-6-2-3-9-16(20)21/h4-5,7-8H,2-3,6,9-13H2,1H3. The molecule has 126 valence electrons. The Labute approximate surface area is 136 Å². The monoisotopic (exact) mass is 322 g/mol. The number of ether oxygens (including phenoxy) is 1. The van der Waals surface area contributed by atoms with Gasteiger partial charge in [-0.3, -0.25) is 9.59 Å². The highest BCUT2D eigenvalue weighted by Crippen LogP contribution is 2.15. The fourth-order valence-corrected chi connectivity index (χ4v) is 2.47. The zero-order valence-electron chi connectivity index (χ0n) is 13.5. The van der Waals surface area contributed by atoms with Gasteiger partial charge in [-0.25, -0.2) is 4.39 Å². The first-order chi connectivity index (χ1) is 11.1. The second-order valence-electron chi connectivity index (χ2n) is 5.72. The Morgan fingerprint density at radius 1 is 1.30 bits per heavy atom. The second-order valence-corrected chi connectivity index (χ2v) is 5.72. The van der Waals surface area contributed by atoms with Crippen LogP contribution in [0.4, 0.5) is 4.39 Å². The van der Waals surface area contributed by atoms with Gasteiger partial charge in [0, 0.05) is 20.0 Å². The van der Waals surface area contributed by atoms with Gasteiger partial charge in [0.2, 0.25) is 11.8 Å². The summed E-state index contributed by atoms with van der Waals surface area (Å²) in [4.78, 5) is 27.2. The van der Waals surface area contributed by atoms with Gasteiger partial charge in [0.1, 0.15) is 6.61 Å². The first-order valence-electron chi connectivity index (χ1n) is 7.97. The van der Waals surface area contributed by atoms with E-state index in [1.807, 2.05) is 0 Å². The molecule has 2 amide bonds. The van der Waals surface area contributed by atoms with E-state index in [4.69, 9.17) is 4.74 Å². The summed E-state index contributed by atoms with van der Waals surface area (Å²) >= 11 is 0. The van der Waals surface area contributed by atoms with Crippen LogP contribution < -0.4 is 4.74 Å². The lowest BCUT2D eigenvalue weighted by Crippen LogP contribution is -2.42. The van der Waals surface area contributed by atoms with Gasteiger partial charge in [-0.05, 0) is 25.0 Å². The van der Waals surface area contributed by atoms with E-state index in [9.17, 15) is 14.0 Å². The van der Waals surface area contributed by atoms with Crippen LogP contribution in [0.5, 0.6) is 5.75 Å². The van der Waals surface area contributed by atoms with Gasteiger partial charge in [-0.2, -0.15) is 0 Å². The molecule has 0 aliphatic carbocycles. The van der Waals surface area contributed by atoms with Crippen molar-refractivity contribution >= 4 is 11.8 Å². The zero-order chi connectivity index (χ0) is 16.7. The Morgan fingerprint density at radius 2 is 2.09 bits per heavy atom. The Balaban J connectivity index is 1.76. The van der Waals surface area contributed by atoms with E-state index in [-0.39, 0.29) is 30.7 Å². The summed E-state index contributed by atoms with van der Waals surface area (Å²) in [6.45, 7) is 1.30. The van der Waals surface area contributed by atoms with Crippen molar-refractivity contribution < 1.29 is 18.7 Å². The highest BCUT2D eigenvalue weighted by Gasteiger charge is 2.20. The van der Waals surface area contributed by atoms with Crippen molar-refractivity contribution in [2.45, 2.75) is 25.7 Å². The SMILES string of the molecule is CN(CCOc1ccccc1F)C(=O)CN1CCCCCC1=O. The third-order valence-corrected chi connectivity index (χ3v) is 3.94. The lowest BCUT2D eigenvalue weighted by Gasteiger charge is -2.24. The smallest absolute Gasteiger partial charge is 0.242 e. The number of carbonyl (C=O) groups is 2. The Bertz CT molecular complexity index is 550. The zero-order valence-corrected chi connectivity index (χ0v) is 13.5. The van der Waals surface area contributed by atoms with Crippen LogP contribution in [0.2, 0.25) is 0 Å². The largest absolute Gasteiger partial charge is 0.489 e. The normalized spacial score (nSPS) is 15.2. The van der Waals surface area contributed by atoms with Gasteiger partial charge in [-0.15, -0.1) is 0 Å². The number of para-hydroxylation sites is 1. The fraction of sp³-hybridized carbons (Fsp3) is 0.529. The maximum absolute atomic E-state index is 13.4. The molecular weight excluding hydrogens is 299 g/mol. The first-order valence-corrected chi connectivity index (χ1v) is 7.97. The first kappa shape index (κ1) is 17.2. The summed E-state index contributed by atoms with van der Waals surface area (Å²) in [5, 5.41) is 0. The number of hydrogen-bond acceptors (Lipinski definition) is 3. The predicted octanol–water partition coefficient (Wildman–Crippen LogP) is 2.07.